The molecule has 4 rings (SSSR count). The number of rotatable bonds is 5. The number of carbonyl (C=O) groups is 3. The Morgan fingerprint density at radius 3 is 2.11 bits per heavy atom. The molecule has 3 atom stereocenters. The van der Waals surface area contributed by atoms with Gasteiger partial charge >= 0.3 is 11.8 Å². The molecule has 10 nitrogen and oxygen atoms in total. The first kappa shape index (κ1) is 24.7. The molecule has 15 heteroatoms. The molecule has 1 aliphatic carbocycles. The molecule has 0 spiro atoms. The fourth-order valence-electron chi connectivity index (χ4n) is 4.19. The number of hydrogen-bond donors (Lipinski definition) is 3. The van der Waals surface area contributed by atoms with E-state index in [4.69, 9.17) is 0 Å². The summed E-state index contributed by atoms with van der Waals surface area (Å²) in [6.45, 7) is 0.305. The normalized spacial score (nSPS) is 21.0. The first-order chi connectivity index (χ1) is 16.4. The zero-order chi connectivity index (χ0) is 25.8. The molecule has 0 radical (unpaired) electrons. The van der Waals surface area contributed by atoms with E-state index in [0.717, 1.165) is 10.8 Å². The maximum atomic E-state index is 15.0. The van der Waals surface area contributed by atoms with Gasteiger partial charge in [0.05, 0.1) is 0 Å². The molecule has 2 heterocycles. The Kier molecular flexibility index (Phi) is 6.09. The molecule has 0 bridgehead atoms. The number of fused-ring (bicyclic) bond motifs is 1. The third kappa shape index (κ3) is 4.36. The van der Waals surface area contributed by atoms with Gasteiger partial charge in [0.25, 0.3) is 5.91 Å². The van der Waals surface area contributed by atoms with Crippen LogP contribution in [0, 0.1) is 35.1 Å². The summed E-state index contributed by atoms with van der Waals surface area (Å²) in [5.41, 5.74) is -1.25. The minimum absolute atomic E-state index is 0.153. The summed E-state index contributed by atoms with van der Waals surface area (Å²) in [6, 6.07) is 0.386. The number of benzene rings is 1. The number of nitrogens with zero attached hydrogens (tertiary/aromatic N) is 2. The predicted molar refractivity (Wildman–Crippen MR) is 111 cm³/mol. The van der Waals surface area contributed by atoms with Gasteiger partial charge < -0.3 is 20.1 Å². The van der Waals surface area contributed by atoms with Gasteiger partial charge in [0.15, 0.2) is 23.3 Å². The van der Waals surface area contributed by atoms with E-state index < -0.39 is 73.3 Å². The molecule has 2 fully saturated rings. The fraction of sp³-hybridized carbons (Fsp3) is 0.350. The highest BCUT2D eigenvalue weighted by atomic mass is 32.2. The van der Waals surface area contributed by atoms with Crippen molar-refractivity contribution in [2.24, 2.45) is 18.9 Å². The molecule has 3 N–H and O–H groups in total. The van der Waals surface area contributed by atoms with Crippen molar-refractivity contribution in [3.05, 3.63) is 47.3 Å². The van der Waals surface area contributed by atoms with Crippen molar-refractivity contribution in [3.63, 3.8) is 0 Å². The fourth-order valence-corrected chi connectivity index (χ4v) is 5.66. The number of anilines is 1. The molecular formula is C20H19F4N5O5S. The van der Waals surface area contributed by atoms with Gasteiger partial charge in [-0.2, -0.15) is 0 Å². The van der Waals surface area contributed by atoms with Crippen LogP contribution in [0.3, 0.4) is 0 Å². The largest absolute Gasteiger partial charge is 0.351 e. The van der Waals surface area contributed by atoms with Crippen LogP contribution in [-0.2, 0) is 26.7 Å². The number of sulfonamides is 1. The average molecular weight is 517 g/mol. The number of piperidine rings is 1. The second-order valence-corrected chi connectivity index (χ2v) is 9.92. The van der Waals surface area contributed by atoms with E-state index >= 15 is 4.39 Å². The Balaban J connectivity index is 1.47. The Morgan fingerprint density at radius 2 is 1.57 bits per heavy atom. The minimum atomic E-state index is -4.43. The standard InChI is InChI=1S/C20H19F4N5O5S/c1-25-19(31)20(32)29-5-9-10(6-29)16(9)27-35(33,34)13-7-28(2)17(15(13)24)18(30)26-8-3-11(21)14(23)12(22)4-8/h3-4,7,9-10,16,27H,5-6H2,1-2H3,(H,25,31)(H,26,30)/t9-,10+,16?. The maximum absolute atomic E-state index is 15.0. The number of nitrogens with one attached hydrogen (secondary N) is 3. The van der Waals surface area contributed by atoms with E-state index in [2.05, 4.69) is 10.0 Å². The molecule has 188 valence electrons. The lowest BCUT2D eigenvalue weighted by atomic mass is 10.2. The highest BCUT2D eigenvalue weighted by molar-refractivity contribution is 7.89. The highest BCUT2D eigenvalue weighted by Gasteiger charge is 2.58. The van der Waals surface area contributed by atoms with Crippen molar-refractivity contribution in [2.75, 3.05) is 25.5 Å². The van der Waals surface area contributed by atoms with E-state index in [1.165, 1.54) is 19.0 Å². The Hall–Kier alpha value is -3.46. The second-order valence-electron chi connectivity index (χ2n) is 8.24. The van der Waals surface area contributed by atoms with Gasteiger partial charge in [0, 0.05) is 57.2 Å². The summed E-state index contributed by atoms with van der Waals surface area (Å²) >= 11 is 0. The molecule has 1 aromatic carbocycles. The summed E-state index contributed by atoms with van der Waals surface area (Å²) in [6.07, 6.45) is 0.859. The summed E-state index contributed by atoms with van der Waals surface area (Å²) < 4.78 is 83.7. The van der Waals surface area contributed by atoms with Crippen LogP contribution in [0.2, 0.25) is 0 Å². The molecule has 1 unspecified atom stereocenters. The van der Waals surface area contributed by atoms with Crippen LogP contribution in [0.4, 0.5) is 23.2 Å². The number of halogens is 4. The van der Waals surface area contributed by atoms with Crippen molar-refractivity contribution in [1.82, 2.24) is 19.5 Å². The predicted octanol–water partition coefficient (Wildman–Crippen LogP) is 0.315. The van der Waals surface area contributed by atoms with E-state index in [-0.39, 0.29) is 24.9 Å². The Labute approximate surface area is 196 Å². The number of amides is 3. The third-order valence-corrected chi connectivity index (χ3v) is 7.47. The number of aryl methyl sites for hydroxylation is 1. The summed E-state index contributed by atoms with van der Waals surface area (Å²) in [7, 11) is -1.93. The summed E-state index contributed by atoms with van der Waals surface area (Å²) in [5, 5.41) is 4.21. The van der Waals surface area contributed by atoms with Gasteiger partial charge in [-0.25, -0.2) is 30.7 Å². The van der Waals surface area contributed by atoms with Crippen molar-refractivity contribution < 1.29 is 40.4 Å². The summed E-state index contributed by atoms with van der Waals surface area (Å²) in [4.78, 5) is 36.3. The Morgan fingerprint density at radius 1 is 1.00 bits per heavy atom. The first-order valence-corrected chi connectivity index (χ1v) is 11.7. The van der Waals surface area contributed by atoms with Crippen molar-refractivity contribution in [1.29, 1.82) is 0 Å². The van der Waals surface area contributed by atoms with E-state index in [9.17, 15) is 36.0 Å². The zero-order valence-electron chi connectivity index (χ0n) is 18.2. The summed E-state index contributed by atoms with van der Waals surface area (Å²) in [5.74, 6) is -9.55. The van der Waals surface area contributed by atoms with E-state index in [0.29, 0.717) is 12.1 Å². The molecule has 3 amide bonds. The quantitative estimate of drug-likeness (QED) is 0.299. The molecule has 2 aromatic rings. The average Bonchev–Trinajstić information content (AvgIpc) is 3.11. The van der Waals surface area contributed by atoms with Crippen LogP contribution in [0.15, 0.2) is 23.2 Å². The highest BCUT2D eigenvalue weighted by Crippen LogP contribution is 2.46. The van der Waals surface area contributed by atoms with Crippen LogP contribution in [0.25, 0.3) is 0 Å². The first-order valence-electron chi connectivity index (χ1n) is 10.2. The monoisotopic (exact) mass is 517 g/mol. The van der Waals surface area contributed by atoms with Gasteiger partial charge in [0.2, 0.25) is 10.0 Å². The molecule has 2 aliphatic rings. The van der Waals surface area contributed by atoms with Gasteiger partial charge in [-0.3, -0.25) is 14.4 Å². The van der Waals surface area contributed by atoms with Gasteiger partial charge in [0.1, 0.15) is 10.6 Å². The molecule has 1 aliphatic heterocycles. The lowest BCUT2D eigenvalue weighted by molar-refractivity contribution is -0.145. The zero-order valence-corrected chi connectivity index (χ0v) is 19.1. The number of aromatic nitrogens is 1. The van der Waals surface area contributed by atoms with Crippen LogP contribution >= 0.6 is 0 Å². The van der Waals surface area contributed by atoms with Crippen molar-refractivity contribution in [2.45, 2.75) is 10.9 Å². The number of likely N-dealkylation sites (N-methyl/N-ethyl adjacent to an activating group) is 1. The van der Waals surface area contributed by atoms with Crippen LogP contribution in [0.1, 0.15) is 10.5 Å². The minimum Gasteiger partial charge on any atom is -0.351 e. The topological polar surface area (TPSA) is 130 Å². The van der Waals surface area contributed by atoms with E-state index in [1.54, 1.807) is 0 Å². The van der Waals surface area contributed by atoms with Gasteiger partial charge in [-0.1, -0.05) is 0 Å². The van der Waals surface area contributed by atoms with Gasteiger partial charge in [-0.05, 0) is 11.8 Å². The lowest BCUT2D eigenvalue weighted by Crippen LogP contribution is -2.43. The smallest absolute Gasteiger partial charge is 0.311 e. The van der Waals surface area contributed by atoms with Crippen LogP contribution in [0.5, 0.6) is 0 Å². The molecule has 35 heavy (non-hydrogen) atoms. The number of hydrogen-bond acceptors (Lipinski definition) is 5. The van der Waals surface area contributed by atoms with Crippen LogP contribution in [-0.4, -0.2) is 61.8 Å². The van der Waals surface area contributed by atoms with Crippen LogP contribution < -0.4 is 15.4 Å². The number of carbonyl (C=O) groups excluding carboxylic acids is 3. The second kappa shape index (κ2) is 8.64. The molecule has 1 aromatic heterocycles. The van der Waals surface area contributed by atoms with Crippen molar-refractivity contribution >= 4 is 33.4 Å². The molecule has 1 saturated heterocycles. The number of likely N-dealkylation sites (tertiary alicyclic amines) is 1. The lowest BCUT2D eigenvalue weighted by Gasteiger charge is -2.19. The molecule has 1 saturated carbocycles. The third-order valence-electron chi connectivity index (χ3n) is 6.03. The maximum Gasteiger partial charge on any atom is 0.311 e. The molecular weight excluding hydrogens is 498 g/mol. The van der Waals surface area contributed by atoms with Gasteiger partial charge in [-0.15, -0.1) is 0 Å². The Bertz CT molecular complexity index is 1330. The van der Waals surface area contributed by atoms with E-state index in [1.807, 2.05) is 5.32 Å². The SMILES string of the molecule is CNC(=O)C(=O)N1C[C@@H]2C(NS(=O)(=O)c3cn(C)c(C(=O)Nc4cc(F)c(F)c(F)c4)c3F)[C@@H]2C1. The van der Waals surface area contributed by atoms with Crippen molar-refractivity contribution in [3.8, 4) is 0 Å².